The summed E-state index contributed by atoms with van der Waals surface area (Å²) in [6, 6.07) is 12.5. The highest BCUT2D eigenvalue weighted by atomic mass is 16.5. The summed E-state index contributed by atoms with van der Waals surface area (Å²) in [6.45, 7) is 4.92. The first-order valence-electron chi connectivity index (χ1n) is 6.64. The van der Waals surface area contributed by atoms with E-state index in [2.05, 4.69) is 31.2 Å². The van der Waals surface area contributed by atoms with Crippen LogP contribution >= 0.6 is 0 Å². The lowest BCUT2D eigenvalue weighted by molar-refractivity contribution is 0.308. The van der Waals surface area contributed by atoms with Crippen molar-refractivity contribution in [2.24, 2.45) is 5.73 Å². The third-order valence-corrected chi connectivity index (χ3v) is 3.14. The Kier molecular flexibility index (Phi) is 4.21. The summed E-state index contributed by atoms with van der Waals surface area (Å²) in [5.74, 6) is 0.955. The highest BCUT2D eigenvalue weighted by Gasteiger charge is 2.11. The molecule has 0 heterocycles. The lowest BCUT2D eigenvalue weighted by Gasteiger charge is -2.16. The van der Waals surface area contributed by atoms with Gasteiger partial charge in [-0.25, -0.2) is 0 Å². The van der Waals surface area contributed by atoms with Gasteiger partial charge >= 0.3 is 0 Å². The van der Waals surface area contributed by atoms with Gasteiger partial charge in [-0.2, -0.15) is 0 Å². The quantitative estimate of drug-likeness (QED) is 0.804. The van der Waals surface area contributed by atoms with Gasteiger partial charge in [-0.05, 0) is 18.7 Å². The van der Waals surface area contributed by atoms with Gasteiger partial charge in [0.25, 0.3) is 0 Å². The molecular weight excluding hydrogens is 222 g/mol. The van der Waals surface area contributed by atoms with Crippen LogP contribution in [0.1, 0.15) is 38.3 Å². The Labute approximate surface area is 109 Å². The smallest absolute Gasteiger partial charge is 0.131 e. The van der Waals surface area contributed by atoms with Crippen LogP contribution in [0.2, 0.25) is 0 Å². The van der Waals surface area contributed by atoms with Crippen molar-refractivity contribution in [3.05, 3.63) is 42.0 Å². The van der Waals surface area contributed by atoms with E-state index in [1.54, 1.807) is 0 Å². The van der Waals surface area contributed by atoms with E-state index in [-0.39, 0.29) is 6.04 Å². The van der Waals surface area contributed by atoms with Crippen LogP contribution in [0.5, 0.6) is 5.75 Å². The number of hydrogen-bond acceptors (Lipinski definition) is 2. The number of fused-ring (bicyclic) bond motifs is 1. The van der Waals surface area contributed by atoms with Gasteiger partial charge in [0.05, 0.1) is 6.61 Å². The van der Waals surface area contributed by atoms with Gasteiger partial charge in [0.2, 0.25) is 0 Å². The third-order valence-electron chi connectivity index (χ3n) is 3.14. The minimum atomic E-state index is -0.00812. The van der Waals surface area contributed by atoms with Crippen LogP contribution in [0.4, 0.5) is 0 Å². The minimum Gasteiger partial charge on any atom is -0.493 e. The van der Waals surface area contributed by atoms with Crippen LogP contribution in [0.3, 0.4) is 0 Å². The number of nitrogens with two attached hydrogens (primary N) is 1. The van der Waals surface area contributed by atoms with Crippen molar-refractivity contribution in [3.8, 4) is 5.75 Å². The topological polar surface area (TPSA) is 35.2 Å². The fourth-order valence-corrected chi connectivity index (χ4v) is 2.10. The van der Waals surface area contributed by atoms with Crippen LogP contribution in [0, 0.1) is 0 Å². The van der Waals surface area contributed by atoms with E-state index in [0.717, 1.165) is 36.1 Å². The Hall–Kier alpha value is -1.54. The Morgan fingerprint density at radius 1 is 1.17 bits per heavy atom. The second-order valence-electron chi connectivity index (χ2n) is 4.70. The highest BCUT2D eigenvalue weighted by molar-refractivity contribution is 5.89. The van der Waals surface area contributed by atoms with Gasteiger partial charge in [-0.15, -0.1) is 0 Å². The molecule has 0 bridgehead atoms. The zero-order chi connectivity index (χ0) is 13.0. The summed E-state index contributed by atoms with van der Waals surface area (Å²) in [6.07, 6.45) is 2.21. The second-order valence-corrected chi connectivity index (χ2v) is 4.70. The molecule has 0 fully saturated rings. The zero-order valence-corrected chi connectivity index (χ0v) is 11.1. The van der Waals surface area contributed by atoms with Gasteiger partial charge in [0.15, 0.2) is 0 Å². The summed E-state index contributed by atoms with van der Waals surface area (Å²) in [5, 5.41) is 2.36. The molecule has 2 rings (SSSR count). The van der Waals surface area contributed by atoms with Crippen molar-refractivity contribution in [2.75, 3.05) is 6.61 Å². The third kappa shape index (κ3) is 2.65. The SMILES string of the molecule is CCCCOc1c([C@@H](C)N)ccc2ccccc12. The summed E-state index contributed by atoms with van der Waals surface area (Å²) in [7, 11) is 0. The van der Waals surface area contributed by atoms with Crippen molar-refractivity contribution in [1.29, 1.82) is 0 Å². The van der Waals surface area contributed by atoms with E-state index in [4.69, 9.17) is 10.5 Å². The molecule has 0 unspecified atom stereocenters. The first-order valence-corrected chi connectivity index (χ1v) is 6.64. The van der Waals surface area contributed by atoms with Crippen LogP contribution < -0.4 is 10.5 Å². The van der Waals surface area contributed by atoms with E-state index >= 15 is 0 Å². The van der Waals surface area contributed by atoms with Gasteiger partial charge in [-0.3, -0.25) is 0 Å². The summed E-state index contributed by atoms with van der Waals surface area (Å²) in [4.78, 5) is 0. The molecule has 2 aromatic carbocycles. The molecule has 0 saturated heterocycles. The predicted molar refractivity (Wildman–Crippen MR) is 77.0 cm³/mol. The van der Waals surface area contributed by atoms with Gasteiger partial charge < -0.3 is 10.5 Å². The number of rotatable bonds is 5. The summed E-state index contributed by atoms with van der Waals surface area (Å²) >= 11 is 0. The highest BCUT2D eigenvalue weighted by Crippen LogP contribution is 2.33. The molecule has 0 aromatic heterocycles. The van der Waals surface area contributed by atoms with Crippen LogP contribution in [-0.2, 0) is 0 Å². The average molecular weight is 243 g/mol. The van der Waals surface area contributed by atoms with Gasteiger partial charge in [0, 0.05) is 17.0 Å². The van der Waals surface area contributed by atoms with E-state index in [1.807, 2.05) is 19.1 Å². The maximum atomic E-state index is 6.03. The standard InChI is InChI=1S/C16H21NO/c1-3-4-11-18-16-14(12(2)17)10-9-13-7-5-6-8-15(13)16/h5-10,12H,3-4,11,17H2,1-2H3/t12-/m1/s1. The molecule has 0 aliphatic rings. The maximum absolute atomic E-state index is 6.03. The molecule has 2 N–H and O–H groups in total. The van der Waals surface area contributed by atoms with E-state index in [1.165, 1.54) is 5.39 Å². The molecule has 0 saturated carbocycles. The zero-order valence-electron chi connectivity index (χ0n) is 11.1. The molecular formula is C16H21NO. The van der Waals surface area contributed by atoms with Crippen molar-refractivity contribution in [1.82, 2.24) is 0 Å². The number of ether oxygens (including phenoxy) is 1. The van der Waals surface area contributed by atoms with Crippen LogP contribution in [0.15, 0.2) is 36.4 Å². The molecule has 0 radical (unpaired) electrons. The molecule has 2 heteroatoms. The van der Waals surface area contributed by atoms with E-state index < -0.39 is 0 Å². The van der Waals surface area contributed by atoms with Crippen molar-refractivity contribution in [2.45, 2.75) is 32.7 Å². The number of benzene rings is 2. The molecule has 2 aromatic rings. The van der Waals surface area contributed by atoms with Crippen molar-refractivity contribution < 1.29 is 4.74 Å². The Morgan fingerprint density at radius 2 is 1.94 bits per heavy atom. The van der Waals surface area contributed by atoms with Crippen molar-refractivity contribution in [3.63, 3.8) is 0 Å². The lowest BCUT2D eigenvalue weighted by Crippen LogP contribution is -2.09. The Balaban J connectivity index is 2.45. The largest absolute Gasteiger partial charge is 0.493 e. The first-order chi connectivity index (χ1) is 8.74. The molecule has 96 valence electrons. The molecule has 0 aliphatic carbocycles. The van der Waals surface area contributed by atoms with Crippen LogP contribution in [0.25, 0.3) is 10.8 Å². The normalized spacial score (nSPS) is 12.6. The fraction of sp³-hybridized carbons (Fsp3) is 0.375. The predicted octanol–water partition coefficient (Wildman–Crippen LogP) is 4.04. The Bertz CT molecular complexity index is 519. The number of unbranched alkanes of at least 4 members (excludes halogenated alkanes) is 1. The van der Waals surface area contributed by atoms with E-state index in [9.17, 15) is 0 Å². The lowest BCUT2D eigenvalue weighted by atomic mass is 10.0. The van der Waals surface area contributed by atoms with Gasteiger partial charge in [-0.1, -0.05) is 49.7 Å². The minimum absolute atomic E-state index is 0.00812. The summed E-state index contributed by atoms with van der Waals surface area (Å²) in [5.41, 5.74) is 7.12. The summed E-state index contributed by atoms with van der Waals surface area (Å²) < 4.78 is 5.97. The molecule has 0 spiro atoms. The second kappa shape index (κ2) is 5.87. The number of hydrogen-bond donors (Lipinski definition) is 1. The monoisotopic (exact) mass is 243 g/mol. The Morgan fingerprint density at radius 3 is 2.67 bits per heavy atom. The average Bonchev–Trinajstić information content (AvgIpc) is 2.38. The fourth-order valence-electron chi connectivity index (χ4n) is 2.10. The molecule has 2 nitrogen and oxygen atoms in total. The molecule has 0 aliphatic heterocycles. The van der Waals surface area contributed by atoms with Gasteiger partial charge in [0.1, 0.15) is 5.75 Å². The molecule has 0 amide bonds. The maximum Gasteiger partial charge on any atom is 0.131 e. The molecule has 18 heavy (non-hydrogen) atoms. The van der Waals surface area contributed by atoms with Crippen LogP contribution in [-0.4, -0.2) is 6.61 Å². The van der Waals surface area contributed by atoms with Crippen molar-refractivity contribution >= 4 is 10.8 Å². The first kappa shape index (κ1) is 12.9. The van der Waals surface area contributed by atoms with E-state index in [0.29, 0.717) is 0 Å². The molecule has 1 atom stereocenters.